The first-order chi connectivity index (χ1) is 12.0. The summed E-state index contributed by atoms with van der Waals surface area (Å²) >= 11 is 0. The van der Waals surface area contributed by atoms with E-state index in [-0.39, 0.29) is 18.0 Å². The van der Waals surface area contributed by atoms with Crippen LogP contribution in [0.25, 0.3) is 11.0 Å². The van der Waals surface area contributed by atoms with Crippen LogP contribution < -0.4 is 15.9 Å². The number of anilines is 1. The predicted molar refractivity (Wildman–Crippen MR) is 94.6 cm³/mol. The fraction of sp³-hybridized carbons (Fsp3) is 0.500. The maximum Gasteiger partial charge on any atom is 0.329 e. The lowest BCUT2D eigenvalue weighted by molar-refractivity contribution is -0.135. The highest BCUT2D eigenvalue weighted by molar-refractivity contribution is 6.00. The molecule has 2 fully saturated rings. The third-order valence-electron chi connectivity index (χ3n) is 5.48. The van der Waals surface area contributed by atoms with Gasteiger partial charge in [0.2, 0.25) is 11.8 Å². The zero-order chi connectivity index (χ0) is 17.7. The van der Waals surface area contributed by atoms with Gasteiger partial charge in [-0.3, -0.25) is 24.0 Å². The number of aromatic nitrogens is 2. The average Bonchev–Trinajstić information content (AvgIpc) is 2.79. The van der Waals surface area contributed by atoms with Gasteiger partial charge in [-0.15, -0.1) is 0 Å². The van der Waals surface area contributed by atoms with Crippen molar-refractivity contribution in [1.82, 2.24) is 14.5 Å². The number of piperidine rings is 1. The van der Waals surface area contributed by atoms with Gasteiger partial charge in [-0.05, 0) is 30.9 Å². The Morgan fingerprint density at radius 3 is 2.64 bits per heavy atom. The van der Waals surface area contributed by atoms with Crippen LogP contribution in [0.4, 0.5) is 5.69 Å². The number of hydrogen-bond acceptors (Lipinski definition) is 4. The summed E-state index contributed by atoms with van der Waals surface area (Å²) in [5.41, 5.74) is 2.42. The van der Waals surface area contributed by atoms with Crippen molar-refractivity contribution in [2.75, 3.05) is 18.0 Å². The summed E-state index contributed by atoms with van der Waals surface area (Å²) in [6, 6.07) is 5.20. The molecule has 2 aliphatic heterocycles. The first kappa shape index (κ1) is 15.9. The van der Waals surface area contributed by atoms with Crippen LogP contribution in [0.15, 0.2) is 23.0 Å². The van der Waals surface area contributed by atoms with Crippen LogP contribution in [0.2, 0.25) is 0 Å². The molecule has 2 amide bonds. The molecule has 1 aromatic carbocycles. The van der Waals surface area contributed by atoms with Crippen LogP contribution in [0.5, 0.6) is 0 Å². The Morgan fingerprint density at radius 2 is 1.96 bits per heavy atom. The van der Waals surface area contributed by atoms with Gasteiger partial charge in [0.25, 0.3) is 0 Å². The van der Waals surface area contributed by atoms with Crippen molar-refractivity contribution in [3.8, 4) is 0 Å². The van der Waals surface area contributed by atoms with E-state index in [4.69, 9.17) is 0 Å². The number of nitrogens with one attached hydrogen (secondary N) is 1. The molecule has 2 aliphatic rings. The second kappa shape index (κ2) is 5.75. The van der Waals surface area contributed by atoms with E-state index in [1.807, 2.05) is 18.2 Å². The molecule has 1 aromatic heterocycles. The minimum atomic E-state index is -0.635. The Morgan fingerprint density at radius 1 is 1.20 bits per heavy atom. The molecule has 7 heteroatoms. The highest BCUT2D eigenvalue weighted by Crippen LogP contribution is 2.33. The number of hydrogen-bond donors (Lipinski definition) is 1. The van der Waals surface area contributed by atoms with E-state index in [0.717, 1.165) is 36.2 Å². The highest BCUT2D eigenvalue weighted by atomic mass is 16.2. The number of imidazole rings is 1. The lowest BCUT2D eigenvalue weighted by Crippen LogP contribution is -2.46. The van der Waals surface area contributed by atoms with Crippen molar-refractivity contribution in [3.05, 3.63) is 28.7 Å². The van der Waals surface area contributed by atoms with Gasteiger partial charge in [-0.1, -0.05) is 13.0 Å². The molecule has 0 saturated carbocycles. The van der Waals surface area contributed by atoms with Gasteiger partial charge >= 0.3 is 5.69 Å². The highest BCUT2D eigenvalue weighted by Gasteiger charge is 2.33. The van der Waals surface area contributed by atoms with Gasteiger partial charge < -0.3 is 4.90 Å². The number of rotatable bonds is 3. The molecular formula is C18H22N4O3. The largest absolute Gasteiger partial charge is 0.369 e. The molecule has 132 valence electrons. The van der Waals surface area contributed by atoms with E-state index in [2.05, 4.69) is 17.1 Å². The maximum atomic E-state index is 12.9. The molecule has 25 heavy (non-hydrogen) atoms. The normalized spacial score (nSPS) is 21.5. The first-order valence-electron chi connectivity index (χ1n) is 8.79. The third kappa shape index (κ3) is 2.37. The molecule has 0 radical (unpaired) electrons. The van der Waals surface area contributed by atoms with Crippen molar-refractivity contribution in [3.63, 3.8) is 0 Å². The smallest absolute Gasteiger partial charge is 0.329 e. The lowest BCUT2D eigenvalue weighted by Gasteiger charge is -2.41. The van der Waals surface area contributed by atoms with Crippen LogP contribution in [-0.4, -0.2) is 34.0 Å². The number of nitrogens with zero attached hydrogens (tertiary/aromatic N) is 3. The minimum absolute atomic E-state index is 0.218. The maximum absolute atomic E-state index is 12.9. The number of fused-ring (bicyclic) bond motifs is 1. The van der Waals surface area contributed by atoms with Gasteiger partial charge in [0, 0.05) is 26.6 Å². The second-order valence-corrected chi connectivity index (χ2v) is 7.00. The van der Waals surface area contributed by atoms with Crippen LogP contribution >= 0.6 is 0 Å². The first-order valence-corrected chi connectivity index (χ1v) is 8.79. The second-order valence-electron chi connectivity index (χ2n) is 7.00. The SMILES string of the molecule is CCC1CN(c2cccc3c2n(C)c(=O)n3C2CCC(=O)NC2=O)C1. The van der Waals surface area contributed by atoms with Crippen LogP contribution in [-0.2, 0) is 16.6 Å². The molecule has 1 unspecified atom stereocenters. The summed E-state index contributed by atoms with van der Waals surface area (Å²) in [5, 5.41) is 2.34. The number of carbonyl (C=O) groups is 2. The fourth-order valence-corrected chi connectivity index (χ4v) is 3.93. The number of amides is 2. The Hall–Kier alpha value is -2.57. The number of benzene rings is 1. The van der Waals surface area contributed by atoms with Gasteiger partial charge in [0.05, 0.1) is 16.7 Å². The van der Waals surface area contributed by atoms with E-state index in [0.29, 0.717) is 12.3 Å². The molecule has 1 N–H and O–H groups in total. The third-order valence-corrected chi connectivity index (χ3v) is 5.48. The molecule has 7 nitrogen and oxygen atoms in total. The van der Waals surface area contributed by atoms with Crippen LogP contribution in [0.3, 0.4) is 0 Å². The number of imide groups is 1. The fourth-order valence-electron chi connectivity index (χ4n) is 3.93. The minimum Gasteiger partial charge on any atom is -0.369 e. The van der Waals surface area contributed by atoms with E-state index in [9.17, 15) is 14.4 Å². The van der Waals surface area contributed by atoms with Crippen molar-refractivity contribution in [1.29, 1.82) is 0 Å². The summed E-state index contributed by atoms with van der Waals surface area (Å²) in [5.74, 6) is 0.0252. The predicted octanol–water partition coefficient (Wildman–Crippen LogP) is 1.16. The number of carbonyl (C=O) groups excluding carboxylic acids is 2. The van der Waals surface area contributed by atoms with Gasteiger partial charge in [-0.2, -0.15) is 0 Å². The van der Waals surface area contributed by atoms with E-state index in [1.165, 1.54) is 4.57 Å². The van der Waals surface area contributed by atoms with E-state index >= 15 is 0 Å². The standard InChI is InChI=1S/C18H22N4O3/c1-3-11-9-21(10-11)12-5-4-6-13-16(12)20(2)18(25)22(13)14-7-8-15(23)19-17(14)24/h4-6,11,14H,3,7-10H2,1-2H3,(H,19,23,24). The van der Waals surface area contributed by atoms with Crippen molar-refractivity contribution in [2.24, 2.45) is 13.0 Å². The zero-order valence-corrected chi connectivity index (χ0v) is 14.5. The monoisotopic (exact) mass is 342 g/mol. The van der Waals surface area contributed by atoms with Crippen LogP contribution in [0, 0.1) is 5.92 Å². The molecule has 2 saturated heterocycles. The topological polar surface area (TPSA) is 76.3 Å². The van der Waals surface area contributed by atoms with E-state index in [1.54, 1.807) is 11.6 Å². The summed E-state index contributed by atoms with van der Waals surface area (Å²) in [7, 11) is 1.74. The summed E-state index contributed by atoms with van der Waals surface area (Å²) in [6.45, 7) is 4.18. The van der Waals surface area contributed by atoms with Crippen molar-refractivity contribution < 1.29 is 9.59 Å². The Bertz CT molecular complexity index is 920. The molecule has 2 aromatic rings. The van der Waals surface area contributed by atoms with Gasteiger partial charge in [-0.25, -0.2) is 4.79 Å². The Labute approximate surface area is 145 Å². The quantitative estimate of drug-likeness (QED) is 0.850. The van der Waals surface area contributed by atoms with Crippen molar-refractivity contribution in [2.45, 2.75) is 32.2 Å². The molecule has 0 aliphatic carbocycles. The van der Waals surface area contributed by atoms with E-state index < -0.39 is 11.9 Å². The average molecular weight is 342 g/mol. The molecule has 1 atom stereocenters. The summed E-state index contributed by atoms with van der Waals surface area (Å²) in [6.07, 6.45) is 1.77. The molecule has 0 spiro atoms. The zero-order valence-electron chi connectivity index (χ0n) is 14.5. The summed E-state index contributed by atoms with van der Waals surface area (Å²) in [4.78, 5) is 38.8. The Kier molecular flexibility index (Phi) is 3.67. The van der Waals surface area contributed by atoms with Crippen LogP contribution in [0.1, 0.15) is 32.2 Å². The number of para-hydroxylation sites is 1. The van der Waals surface area contributed by atoms with Gasteiger partial charge in [0.1, 0.15) is 6.04 Å². The Balaban J connectivity index is 1.82. The van der Waals surface area contributed by atoms with Crippen molar-refractivity contribution >= 4 is 28.5 Å². The summed E-state index contributed by atoms with van der Waals surface area (Å²) < 4.78 is 3.16. The molecule has 0 bridgehead atoms. The molecule has 4 rings (SSSR count). The molecular weight excluding hydrogens is 320 g/mol. The lowest BCUT2D eigenvalue weighted by atomic mass is 9.96. The number of aryl methyl sites for hydroxylation is 1. The van der Waals surface area contributed by atoms with Gasteiger partial charge in [0.15, 0.2) is 0 Å². The molecule has 3 heterocycles.